The van der Waals surface area contributed by atoms with E-state index in [0.717, 1.165) is 8.61 Å². The molecule has 3 aromatic rings. The lowest BCUT2D eigenvalue weighted by Crippen LogP contribution is -2.40. The van der Waals surface area contributed by atoms with Gasteiger partial charge in [0.15, 0.2) is 11.5 Å². The number of methoxy groups -OCH3 is 3. The third kappa shape index (κ3) is 6.03. The number of para-hydroxylation sites is 1. The van der Waals surface area contributed by atoms with Gasteiger partial charge in [-0.15, -0.1) is 0 Å². The fourth-order valence-electron chi connectivity index (χ4n) is 3.53. The zero-order valence-electron chi connectivity index (χ0n) is 21.5. The molecule has 38 heavy (non-hydrogen) atoms. The van der Waals surface area contributed by atoms with Crippen molar-refractivity contribution in [1.29, 1.82) is 0 Å². The second kappa shape index (κ2) is 11.9. The fourth-order valence-corrected chi connectivity index (χ4v) is 4.63. The van der Waals surface area contributed by atoms with E-state index in [1.807, 2.05) is 0 Å². The topological polar surface area (TPSA) is 114 Å². The van der Waals surface area contributed by atoms with Crippen molar-refractivity contribution in [1.82, 2.24) is 4.31 Å². The first-order valence-electron chi connectivity index (χ1n) is 11.2. The number of nitrogens with one attached hydrogen (secondary N) is 1. The van der Waals surface area contributed by atoms with Gasteiger partial charge in [0.05, 0.1) is 44.8 Å². The molecule has 0 atom stereocenters. The summed E-state index contributed by atoms with van der Waals surface area (Å²) in [4.78, 5) is 25.3. The van der Waals surface area contributed by atoms with Crippen molar-refractivity contribution in [3.05, 3.63) is 83.2 Å². The average Bonchev–Trinajstić information content (AvgIpc) is 2.91. The number of rotatable bonds is 10. The summed E-state index contributed by atoms with van der Waals surface area (Å²) >= 11 is 0. The molecule has 0 bridgehead atoms. The van der Waals surface area contributed by atoms with Gasteiger partial charge in [-0.3, -0.25) is 9.10 Å². The van der Waals surface area contributed by atoms with Crippen LogP contribution in [-0.4, -0.2) is 60.0 Å². The molecule has 0 aliphatic heterocycles. The van der Waals surface area contributed by atoms with Gasteiger partial charge in [0, 0.05) is 31.8 Å². The molecule has 0 aromatic heterocycles. The molecule has 0 saturated heterocycles. The number of anilines is 2. The highest BCUT2D eigenvalue weighted by Crippen LogP contribution is 2.34. The summed E-state index contributed by atoms with van der Waals surface area (Å²) in [5, 5.41) is 2.66. The zero-order valence-corrected chi connectivity index (χ0v) is 22.3. The van der Waals surface area contributed by atoms with Crippen LogP contribution in [0.5, 0.6) is 11.5 Å². The molecule has 0 heterocycles. The Labute approximate surface area is 220 Å². The number of hydrogen-bond acceptors (Lipinski definition) is 7. The van der Waals surface area contributed by atoms with E-state index in [2.05, 4.69) is 5.32 Å². The molecule has 10 nitrogen and oxygen atoms in total. The molecule has 1 N–H and O–H groups in total. The SMILES string of the molecule is COC(=O)c1cc(OC)c(OC)cc1NC(=O)c1ccc(CN(c2ccccc2F)S(=O)(=O)N(C)C)cc1. The van der Waals surface area contributed by atoms with E-state index in [1.54, 1.807) is 18.2 Å². The van der Waals surface area contributed by atoms with Crippen LogP contribution in [0, 0.1) is 5.82 Å². The number of carbonyl (C=O) groups is 2. The van der Waals surface area contributed by atoms with Gasteiger partial charge in [0.2, 0.25) is 0 Å². The van der Waals surface area contributed by atoms with Crippen molar-refractivity contribution in [3.63, 3.8) is 0 Å². The van der Waals surface area contributed by atoms with Crippen LogP contribution in [0.2, 0.25) is 0 Å². The summed E-state index contributed by atoms with van der Waals surface area (Å²) < 4.78 is 57.6. The number of nitrogens with zero attached hydrogens (tertiary/aromatic N) is 2. The maximum Gasteiger partial charge on any atom is 0.340 e. The summed E-state index contributed by atoms with van der Waals surface area (Å²) in [6.07, 6.45) is 0. The molecule has 3 aromatic carbocycles. The Morgan fingerprint density at radius 3 is 2.08 bits per heavy atom. The van der Waals surface area contributed by atoms with Gasteiger partial charge in [-0.25, -0.2) is 9.18 Å². The maximum atomic E-state index is 14.5. The monoisotopic (exact) mass is 545 g/mol. The molecule has 202 valence electrons. The predicted molar refractivity (Wildman–Crippen MR) is 140 cm³/mol. The third-order valence-electron chi connectivity index (χ3n) is 5.58. The molecular weight excluding hydrogens is 517 g/mol. The van der Waals surface area contributed by atoms with E-state index in [4.69, 9.17) is 14.2 Å². The molecule has 0 saturated carbocycles. The summed E-state index contributed by atoms with van der Waals surface area (Å²) in [5.74, 6) is -1.35. The van der Waals surface area contributed by atoms with Crippen LogP contribution >= 0.6 is 0 Å². The number of carbonyl (C=O) groups excluding carboxylic acids is 2. The summed E-state index contributed by atoms with van der Waals surface area (Å²) in [7, 11) is 2.73. The van der Waals surface area contributed by atoms with Crippen LogP contribution in [0.1, 0.15) is 26.3 Å². The molecule has 0 aliphatic carbocycles. The summed E-state index contributed by atoms with van der Waals surface area (Å²) in [6, 6.07) is 14.5. The Morgan fingerprint density at radius 1 is 0.921 bits per heavy atom. The lowest BCUT2D eigenvalue weighted by molar-refractivity contribution is 0.0601. The first-order valence-corrected chi connectivity index (χ1v) is 12.6. The Kier molecular flexibility index (Phi) is 8.92. The van der Waals surface area contributed by atoms with E-state index < -0.39 is 27.9 Å². The van der Waals surface area contributed by atoms with Crippen molar-refractivity contribution in [2.24, 2.45) is 0 Å². The van der Waals surface area contributed by atoms with Crippen molar-refractivity contribution >= 4 is 33.5 Å². The van der Waals surface area contributed by atoms with Gasteiger partial charge < -0.3 is 19.5 Å². The Hall–Kier alpha value is -4.16. The van der Waals surface area contributed by atoms with Crippen LogP contribution in [-0.2, 0) is 21.5 Å². The van der Waals surface area contributed by atoms with Crippen molar-refractivity contribution in [3.8, 4) is 11.5 Å². The van der Waals surface area contributed by atoms with E-state index in [-0.39, 0.29) is 34.8 Å². The van der Waals surface area contributed by atoms with E-state index in [1.165, 1.54) is 77.9 Å². The highest BCUT2D eigenvalue weighted by molar-refractivity contribution is 7.90. The summed E-state index contributed by atoms with van der Waals surface area (Å²) in [6.45, 7) is -0.175. The molecular formula is C26H28FN3O7S. The number of benzene rings is 3. The minimum absolute atomic E-state index is 0.0598. The Bertz CT molecular complexity index is 1430. The normalized spacial score (nSPS) is 11.1. The fraction of sp³-hybridized carbons (Fsp3) is 0.231. The average molecular weight is 546 g/mol. The molecule has 0 radical (unpaired) electrons. The third-order valence-corrected chi connectivity index (χ3v) is 7.39. The lowest BCUT2D eigenvalue weighted by atomic mass is 10.1. The minimum Gasteiger partial charge on any atom is -0.493 e. The summed E-state index contributed by atoms with van der Waals surface area (Å²) in [5.41, 5.74) is 0.839. The molecule has 1 amide bonds. The van der Waals surface area contributed by atoms with Crippen LogP contribution in [0.4, 0.5) is 15.8 Å². The molecule has 3 rings (SSSR count). The Balaban J connectivity index is 1.89. The molecule has 0 unspecified atom stereocenters. The second-order valence-corrected chi connectivity index (χ2v) is 10.2. The van der Waals surface area contributed by atoms with Crippen molar-refractivity contribution < 1.29 is 36.6 Å². The lowest BCUT2D eigenvalue weighted by Gasteiger charge is -2.27. The molecule has 12 heteroatoms. The van der Waals surface area contributed by atoms with Gasteiger partial charge >= 0.3 is 16.2 Å². The van der Waals surface area contributed by atoms with Crippen LogP contribution < -0.4 is 19.1 Å². The number of hydrogen-bond donors (Lipinski definition) is 1. The first kappa shape index (κ1) is 28.4. The first-order chi connectivity index (χ1) is 18.0. The number of ether oxygens (including phenoxy) is 3. The zero-order chi connectivity index (χ0) is 28.0. The highest BCUT2D eigenvalue weighted by Gasteiger charge is 2.27. The predicted octanol–water partition coefficient (Wildman–Crippen LogP) is 3.69. The number of esters is 1. The van der Waals surface area contributed by atoms with Crippen LogP contribution in [0.3, 0.4) is 0 Å². The van der Waals surface area contributed by atoms with Crippen molar-refractivity contribution in [2.75, 3.05) is 45.0 Å². The minimum atomic E-state index is -4.03. The second-order valence-electron chi connectivity index (χ2n) is 8.14. The van der Waals surface area contributed by atoms with Gasteiger partial charge in [0.1, 0.15) is 5.82 Å². The number of halogens is 1. The standard InChI is InChI=1S/C26H28FN3O7S/c1-29(2)38(33,34)30(22-9-7-6-8-20(22)27)16-17-10-12-18(13-11-17)25(31)28-21-15-24(36-4)23(35-3)14-19(21)26(32)37-5/h6-15H,16H2,1-5H3,(H,28,31). The quantitative estimate of drug-likeness (QED) is 0.387. The number of amides is 1. The van der Waals surface area contributed by atoms with Gasteiger partial charge in [-0.1, -0.05) is 24.3 Å². The van der Waals surface area contributed by atoms with Gasteiger partial charge in [0.25, 0.3) is 5.91 Å². The molecule has 0 fully saturated rings. The highest BCUT2D eigenvalue weighted by atomic mass is 32.2. The van der Waals surface area contributed by atoms with Gasteiger partial charge in [-0.05, 0) is 29.8 Å². The molecule has 0 aliphatic rings. The van der Waals surface area contributed by atoms with Crippen molar-refractivity contribution in [2.45, 2.75) is 6.54 Å². The maximum absolute atomic E-state index is 14.5. The van der Waals surface area contributed by atoms with E-state index >= 15 is 0 Å². The molecule has 0 spiro atoms. The van der Waals surface area contributed by atoms with Crippen LogP contribution in [0.15, 0.2) is 60.7 Å². The van der Waals surface area contributed by atoms with Gasteiger partial charge in [-0.2, -0.15) is 12.7 Å². The van der Waals surface area contributed by atoms with E-state index in [9.17, 15) is 22.4 Å². The largest absolute Gasteiger partial charge is 0.493 e. The van der Waals surface area contributed by atoms with E-state index in [0.29, 0.717) is 11.3 Å². The van der Waals surface area contributed by atoms with Crippen LogP contribution in [0.25, 0.3) is 0 Å². The Morgan fingerprint density at radius 2 is 1.53 bits per heavy atom. The smallest absolute Gasteiger partial charge is 0.340 e.